The summed E-state index contributed by atoms with van der Waals surface area (Å²) in [4.78, 5) is 54.1. The van der Waals surface area contributed by atoms with Gasteiger partial charge in [0, 0.05) is 19.0 Å². The van der Waals surface area contributed by atoms with Gasteiger partial charge in [0.05, 0.1) is 34.2 Å². The summed E-state index contributed by atoms with van der Waals surface area (Å²) in [6, 6.07) is 13.4. The Morgan fingerprint density at radius 2 is 1.85 bits per heavy atom. The highest BCUT2D eigenvalue weighted by molar-refractivity contribution is 6.34. The number of esters is 1. The first kappa shape index (κ1) is 22.3. The number of amides is 3. The molecule has 174 valence electrons. The van der Waals surface area contributed by atoms with Crippen LogP contribution in [0.15, 0.2) is 60.7 Å². The van der Waals surface area contributed by atoms with Crippen LogP contribution < -0.4 is 14.5 Å². The molecule has 3 aliphatic rings. The summed E-state index contributed by atoms with van der Waals surface area (Å²) in [5, 5.41) is 0.433. The molecule has 0 aromatic heterocycles. The SMILES string of the molecule is C[C@@H]1C=CC[C@@H]2C(=O)N(c3cccc(OC(=O)[C@@H]4CC(=O)N(c5ccccc5Cl)C4)c3)C(=O)[C@H]12. The monoisotopic (exact) mass is 478 g/mol. The maximum absolute atomic E-state index is 13.0. The van der Waals surface area contributed by atoms with Crippen molar-refractivity contribution in [2.45, 2.75) is 19.8 Å². The lowest BCUT2D eigenvalue weighted by Crippen LogP contribution is -2.31. The number of carbonyl (C=O) groups excluding carboxylic acids is 4. The van der Waals surface area contributed by atoms with Crippen molar-refractivity contribution in [2.24, 2.45) is 23.7 Å². The average Bonchev–Trinajstić information content (AvgIpc) is 3.32. The molecule has 0 spiro atoms. The molecule has 1 aliphatic carbocycles. The Balaban J connectivity index is 1.31. The maximum Gasteiger partial charge on any atom is 0.316 e. The Labute approximate surface area is 201 Å². The molecule has 5 rings (SSSR count). The molecule has 2 aromatic carbocycles. The first-order valence-corrected chi connectivity index (χ1v) is 11.6. The number of rotatable bonds is 4. The van der Waals surface area contributed by atoms with Crippen LogP contribution in [0.1, 0.15) is 19.8 Å². The number of anilines is 2. The molecule has 2 heterocycles. The molecule has 0 unspecified atom stereocenters. The quantitative estimate of drug-likeness (QED) is 0.287. The largest absolute Gasteiger partial charge is 0.426 e. The second kappa shape index (κ2) is 8.72. The third kappa shape index (κ3) is 3.80. The van der Waals surface area contributed by atoms with Gasteiger partial charge in [-0.2, -0.15) is 0 Å². The second-order valence-corrected chi connectivity index (χ2v) is 9.35. The molecule has 8 heteroatoms. The molecule has 4 atom stereocenters. The molecule has 2 aliphatic heterocycles. The Morgan fingerprint density at radius 1 is 1.06 bits per heavy atom. The Hall–Kier alpha value is -3.45. The molecule has 0 radical (unpaired) electrons. The highest BCUT2D eigenvalue weighted by atomic mass is 35.5. The normalized spacial score (nSPS) is 26.2. The zero-order valence-electron chi connectivity index (χ0n) is 18.5. The number of nitrogens with zero attached hydrogens (tertiary/aromatic N) is 2. The first-order valence-electron chi connectivity index (χ1n) is 11.3. The minimum atomic E-state index is -0.655. The molecule has 2 fully saturated rings. The molecule has 2 aromatic rings. The third-order valence-corrected chi connectivity index (χ3v) is 7.09. The molecule has 3 amide bonds. The first-order chi connectivity index (χ1) is 16.3. The van der Waals surface area contributed by atoms with Gasteiger partial charge >= 0.3 is 5.97 Å². The number of hydrogen-bond donors (Lipinski definition) is 0. The number of allylic oxidation sites excluding steroid dienone is 2. The van der Waals surface area contributed by atoms with E-state index in [1.807, 2.05) is 19.1 Å². The van der Waals surface area contributed by atoms with Gasteiger partial charge in [-0.1, -0.05) is 48.9 Å². The van der Waals surface area contributed by atoms with E-state index in [1.165, 1.54) is 15.9 Å². The summed E-state index contributed by atoms with van der Waals surface area (Å²) in [6.07, 6.45) is 4.49. The highest BCUT2D eigenvalue weighted by Gasteiger charge is 2.50. The van der Waals surface area contributed by atoms with Gasteiger partial charge < -0.3 is 9.64 Å². The predicted molar refractivity (Wildman–Crippen MR) is 126 cm³/mol. The number of halogens is 1. The van der Waals surface area contributed by atoms with Crippen LogP contribution in [0.5, 0.6) is 5.75 Å². The molecule has 7 nitrogen and oxygen atoms in total. The topological polar surface area (TPSA) is 84.0 Å². The van der Waals surface area contributed by atoms with E-state index in [0.29, 0.717) is 22.8 Å². The number of ether oxygens (including phenoxy) is 1. The standard InChI is InChI=1S/C26H23ClN2O5/c1-15-6-4-9-19-23(15)25(32)29(24(19)31)17-7-5-8-18(13-17)34-26(33)16-12-22(30)28(14-16)21-11-3-2-10-20(21)27/h2-8,10-11,13,15-16,19,23H,9,12,14H2,1H3/t15-,16-,19+,23-/m1/s1. The van der Waals surface area contributed by atoms with Gasteiger partial charge in [-0.25, -0.2) is 4.90 Å². The van der Waals surface area contributed by atoms with Crippen molar-refractivity contribution in [3.05, 3.63) is 65.7 Å². The zero-order chi connectivity index (χ0) is 24.0. The Bertz CT molecular complexity index is 1230. The van der Waals surface area contributed by atoms with Crippen LogP contribution >= 0.6 is 11.6 Å². The van der Waals surface area contributed by atoms with Crippen molar-refractivity contribution in [3.63, 3.8) is 0 Å². The number of carbonyl (C=O) groups is 4. The lowest BCUT2D eigenvalue weighted by Gasteiger charge is -2.22. The van der Waals surface area contributed by atoms with E-state index in [-0.39, 0.29) is 54.2 Å². The minimum Gasteiger partial charge on any atom is -0.426 e. The van der Waals surface area contributed by atoms with Crippen LogP contribution in [0, 0.1) is 23.7 Å². The van der Waals surface area contributed by atoms with E-state index in [9.17, 15) is 19.2 Å². The smallest absolute Gasteiger partial charge is 0.316 e. The van der Waals surface area contributed by atoms with Crippen molar-refractivity contribution in [1.29, 1.82) is 0 Å². The molecular formula is C26H23ClN2O5. The third-order valence-electron chi connectivity index (χ3n) is 6.77. The van der Waals surface area contributed by atoms with Crippen LogP contribution in [0.25, 0.3) is 0 Å². The van der Waals surface area contributed by atoms with Gasteiger partial charge in [0.2, 0.25) is 17.7 Å². The van der Waals surface area contributed by atoms with Gasteiger partial charge in [0.1, 0.15) is 5.75 Å². The second-order valence-electron chi connectivity index (χ2n) is 8.94. The number of hydrogen-bond acceptors (Lipinski definition) is 5. The van der Waals surface area contributed by atoms with Crippen molar-refractivity contribution in [2.75, 3.05) is 16.3 Å². The van der Waals surface area contributed by atoms with Gasteiger partial charge in [0.15, 0.2) is 0 Å². The lowest BCUT2D eigenvalue weighted by atomic mass is 9.78. The minimum absolute atomic E-state index is 0.0119. The summed E-state index contributed by atoms with van der Waals surface area (Å²) >= 11 is 6.21. The molecule has 0 bridgehead atoms. The van der Waals surface area contributed by atoms with Crippen LogP contribution in [0.2, 0.25) is 5.02 Å². The van der Waals surface area contributed by atoms with E-state index >= 15 is 0 Å². The molecule has 2 saturated heterocycles. The number of fused-ring (bicyclic) bond motifs is 1. The van der Waals surface area contributed by atoms with Gasteiger partial charge in [-0.05, 0) is 36.6 Å². The number of para-hydroxylation sites is 1. The molecule has 34 heavy (non-hydrogen) atoms. The van der Waals surface area contributed by atoms with Crippen molar-refractivity contribution in [1.82, 2.24) is 0 Å². The molecular weight excluding hydrogens is 456 g/mol. The van der Waals surface area contributed by atoms with Crippen LogP contribution in [-0.2, 0) is 19.2 Å². The van der Waals surface area contributed by atoms with Gasteiger partial charge in [-0.15, -0.1) is 0 Å². The van der Waals surface area contributed by atoms with E-state index < -0.39 is 11.9 Å². The van der Waals surface area contributed by atoms with E-state index in [2.05, 4.69) is 0 Å². The number of benzene rings is 2. The molecule has 0 N–H and O–H groups in total. The average molecular weight is 479 g/mol. The van der Waals surface area contributed by atoms with Gasteiger partial charge in [0.25, 0.3) is 0 Å². The fourth-order valence-corrected chi connectivity index (χ4v) is 5.29. The molecule has 0 saturated carbocycles. The van der Waals surface area contributed by atoms with Crippen LogP contribution in [-0.4, -0.2) is 30.2 Å². The number of imide groups is 1. The predicted octanol–water partition coefficient (Wildman–Crippen LogP) is 4.00. The zero-order valence-corrected chi connectivity index (χ0v) is 19.3. The Morgan fingerprint density at radius 3 is 2.62 bits per heavy atom. The van der Waals surface area contributed by atoms with Gasteiger partial charge in [-0.3, -0.25) is 19.2 Å². The summed E-state index contributed by atoms with van der Waals surface area (Å²) in [5.41, 5.74) is 0.935. The van der Waals surface area contributed by atoms with Crippen LogP contribution in [0.4, 0.5) is 11.4 Å². The van der Waals surface area contributed by atoms with E-state index in [4.69, 9.17) is 16.3 Å². The van der Waals surface area contributed by atoms with Crippen molar-refractivity contribution < 1.29 is 23.9 Å². The summed E-state index contributed by atoms with van der Waals surface area (Å²) in [7, 11) is 0. The van der Waals surface area contributed by atoms with E-state index in [1.54, 1.807) is 42.5 Å². The fraction of sp³-hybridized carbons (Fsp3) is 0.308. The van der Waals surface area contributed by atoms with Crippen molar-refractivity contribution >= 4 is 46.7 Å². The Kier molecular flexibility index (Phi) is 5.73. The highest BCUT2D eigenvalue weighted by Crippen LogP contribution is 2.41. The van der Waals surface area contributed by atoms with Crippen LogP contribution in [0.3, 0.4) is 0 Å². The fourth-order valence-electron chi connectivity index (χ4n) is 5.06. The summed E-state index contributed by atoms with van der Waals surface area (Å²) in [6.45, 7) is 2.10. The van der Waals surface area contributed by atoms with Crippen molar-refractivity contribution in [3.8, 4) is 5.75 Å². The summed E-state index contributed by atoms with van der Waals surface area (Å²) < 4.78 is 5.56. The lowest BCUT2D eigenvalue weighted by molar-refractivity contribution is -0.139. The summed E-state index contributed by atoms with van der Waals surface area (Å²) in [5.74, 6) is -2.40. The van der Waals surface area contributed by atoms with E-state index in [0.717, 1.165) is 0 Å². The maximum atomic E-state index is 13.0.